The average molecular weight is 159 g/mol. The van der Waals surface area contributed by atoms with Crippen LogP contribution < -0.4 is 0 Å². The SMILES string of the molecule is Cc1cn[c]c(-n2ccnn2)c1. The summed E-state index contributed by atoms with van der Waals surface area (Å²) >= 11 is 0. The molecule has 2 aromatic rings. The predicted octanol–water partition coefficient (Wildman–Crippen LogP) is 0.771. The fraction of sp³-hybridized carbons (Fsp3) is 0.125. The molecule has 0 amide bonds. The molecule has 4 heteroatoms. The van der Waals surface area contributed by atoms with E-state index >= 15 is 0 Å². The van der Waals surface area contributed by atoms with Crippen LogP contribution in [0, 0.1) is 13.1 Å². The molecule has 0 spiro atoms. The van der Waals surface area contributed by atoms with E-state index in [2.05, 4.69) is 21.5 Å². The number of aryl methyl sites for hydroxylation is 1. The summed E-state index contributed by atoms with van der Waals surface area (Å²) in [7, 11) is 0. The third-order valence-corrected chi connectivity index (χ3v) is 1.48. The minimum absolute atomic E-state index is 0.812. The van der Waals surface area contributed by atoms with Crippen molar-refractivity contribution in [3.8, 4) is 5.69 Å². The second-order valence-electron chi connectivity index (χ2n) is 2.49. The third kappa shape index (κ3) is 1.18. The molecule has 0 aliphatic carbocycles. The Balaban J connectivity index is 2.48. The largest absolute Gasteiger partial charge is 0.252 e. The molecule has 0 bridgehead atoms. The van der Waals surface area contributed by atoms with Crippen molar-refractivity contribution in [2.75, 3.05) is 0 Å². The maximum absolute atomic E-state index is 3.93. The lowest BCUT2D eigenvalue weighted by Crippen LogP contribution is -1.96. The van der Waals surface area contributed by atoms with Gasteiger partial charge in [-0.15, -0.1) is 5.10 Å². The van der Waals surface area contributed by atoms with Gasteiger partial charge in [0.25, 0.3) is 0 Å². The fourth-order valence-electron chi connectivity index (χ4n) is 0.939. The average Bonchev–Trinajstić information content (AvgIpc) is 2.56. The Morgan fingerprint density at radius 2 is 2.42 bits per heavy atom. The Labute approximate surface area is 69.9 Å². The summed E-state index contributed by atoms with van der Waals surface area (Å²) < 4.78 is 1.62. The van der Waals surface area contributed by atoms with Crippen LogP contribution in [0.2, 0.25) is 0 Å². The molecule has 0 saturated carbocycles. The lowest BCUT2D eigenvalue weighted by molar-refractivity contribution is 0.797. The van der Waals surface area contributed by atoms with Crippen LogP contribution in [0.25, 0.3) is 5.69 Å². The van der Waals surface area contributed by atoms with Gasteiger partial charge in [-0.2, -0.15) is 0 Å². The van der Waals surface area contributed by atoms with Crippen LogP contribution in [-0.4, -0.2) is 20.0 Å². The van der Waals surface area contributed by atoms with Crippen LogP contribution in [0.3, 0.4) is 0 Å². The van der Waals surface area contributed by atoms with E-state index in [9.17, 15) is 0 Å². The van der Waals surface area contributed by atoms with Crippen LogP contribution >= 0.6 is 0 Å². The monoisotopic (exact) mass is 159 g/mol. The summed E-state index contributed by atoms with van der Waals surface area (Å²) in [5.41, 5.74) is 1.90. The number of hydrogen-bond acceptors (Lipinski definition) is 3. The first kappa shape index (κ1) is 6.97. The normalized spacial score (nSPS) is 10.1. The van der Waals surface area contributed by atoms with E-state index in [1.807, 2.05) is 13.0 Å². The molecule has 0 aliphatic heterocycles. The lowest BCUT2D eigenvalue weighted by Gasteiger charge is -1.97. The number of pyridine rings is 1. The summed E-state index contributed by atoms with van der Waals surface area (Å²) in [4.78, 5) is 3.93. The first-order chi connectivity index (χ1) is 5.86. The van der Waals surface area contributed by atoms with E-state index in [4.69, 9.17) is 0 Å². The van der Waals surface area contributed by atoms with Gasteiger partial charge in [-0.3, -0.25) is 4.98 Å². The van der Waals surface area contributed by atoms with Crippen LogP contribution in [0.5, 0.6) is 0 Å². The number of hydrogen-bond donors (Lipinski definition) is 0. The van der Waals surface area contributed by atoms with Crippen molar-refractivity contribution in [3.63, 3.8) is 0 Å². The molecule has 0 unspecified atom stereocenters. The van der Waals surface area contributed by atoms with Crippen LogP contribution in [-0.2, 0) is 0 Å². The molecular weight excluding hydrogens is 152 g/mol. The van der Waals surface area contributed by atoms with E-state index in [1.165, 1.54) is 0 Å². The van der Waals surface area contributed by atoms with E-state index in [0.717, 1.165) is 11.3 Å². The molecule has 0 aromatic carbocycles. The van der Waals surface area contributed by atoms with Gasteiger partial charge in [0.1, 0.15) is 6.20 Å². The highest BCUT2D eigenvalue weighted by Gasteiger charge is 1.96. The quantitative estimate of drug-likeness (QED) is 0.617. The molecule has 59 valence electrons. The highest BCUT2D eigenvalue weighted by Crippen LogP contribution is 2.03. The zero-order valence-electron chi connectivity index (χ0n) is 6.60. The van der Waals surface area contributed by atoms with Crippen molar-refractivity contribution in [2.24, 2.45) is 0 Å². The predicted molar refractivity (Wildman–Crippen MR) is 42.7 cm³/mol. The highest BCUT2D eigenvalue weighted by atomic mass is 15.4. The molecule has 0 atom stereocenters. The molecule has 2 heterocycles. The summed E-state index contributed by atoms with van der Waals surface area (Å²) in [6, 6.07) is 1.95. The van der Waals surface area contributed by atoms with Crippen molar-refractivity contribution in [3.05, 3.63) is 36.4 Å². The van der Waals surface area contributed by atoms with Crippen LogP contribution in [0.15, 0.2) is 24.7 Å². The summed E-state index contributed by atoms with van der Waals surface area (Å²) in [6.45, 7) is 1.97. The summed E-state index contributed by atoms with van der Waals surface area (Å²) in [5, 5.41) is 7.52. The van der Waals surface area contributed by atoms with Gasteiger partial charge in [0, 0.05) is 6.20 Å². The summed E-state index contributed by atoms with van der Waals surface area (Å²) in [5.74, 6) is 0. The van der Waals surface area contributed by atoms with Crippen LogP contribution in [0.4, 0.5) is 0 Å². The lowest BCUT2D eigenvalue weighted by atomic mass is 10.3. The molecule has 0 saturated heterocycles. The standard InChI is InChI=1S/C8H7N4/c1-7-4-8(6-9-5-7)12-3-2-10-11-12/h2-5H,1H3. The van der Waals surface area contributed by atoms with Crippen molar-refractivity contribution < 1.29 is 0 Å². The minimum atomic E-state index is 0.812. The van der Waals surface area contributed by atoms with Crippen molar-refractivity contribution in [1.82, 2.24) is 20.0 Å². The van der Waals surface area contributed by atoms with Gasteiger partial charge in [0.15, 0.2) is 0 Å². The molecule has 2 aromatic heterocycles. The van der Waals surface area contributed by atoms with Gasteiger partial charge < -0.3 is 0 Å². The smallest absolute Gasteiger partial charge is 0.117 e. The maximum atomic E-state index is 3.93. The van der Waals surface area contributed by atoms with Gasteiger partial charge in [0.2, 0.25) is 0 Å². The second kappa shape index (κ2) is 2.73. The summed E-state index contributed by atoms with van der Waals surface area (Å²) in [6.07, 6.45) is 7.95. The first-order valence-corrected chi connectivity index (χ1v) is 3.57. The Kier molecular flexibility index (Phi) is 1.59. The van der Waals surface area contributed by atoms with Crippen molar-refractivity contribution in [1.29, 1.82) is 0 Å². The third-order valence-electron chi connectivity index (χ3n) is 1.48. The Bertz CT molecular complexity index is 366. The van der Waals surface area contributed by atoms with Gasteiger partial charge >= 0.3 is 0 Å². The first-order valence-electron chi connectivity index (χ1n) is 3.57. The fourth-order valence-corrected chi connectivity index (χ4v) is 0.939. The van der Waals surface area contributed by atoms with E-state index < -0.39 is 0 Å². The van der Waals surface area contributed by atoms with E-state index in [1.54, 1.807) is 23.3 Å². The maximum Gasteiger partial charge on any atom is 0.117 e. The zero-order valence-corrected chi connectivity index (χ0v) is 6.60. The van der Waals surface area contributed by atoms with Gasteiger partial charge in [-0.25, -0.2) is 4.68 Å². The molecule has 12 heavy (non-hydrogen) atoms. The topological polar surface area (TPSA) is 43.6 Å². The Hall–Kier alpha value is -1.71. The molecule has 4 nitrogen and oxygen atoms in total. The molecular formula is C8H7N4. The second-order valence-corrected chi connectivity index (χ2v) is 2.49. The molecule has 0 aliphatic rings. The zero-order chi connectivity index (χ0) is 8.39. The number of nitrogens with zero attached hydrogens (tertiary/aromatic N) is 4. The van der Waals surface area contributed by atoms with E-state index in [-0.39, 0.29) is 0 Å². The Morgan fingerprint density at radius 3 is 3.08 bits per heavy atom. The van der Waals surface area contributed by atoms with Crippen LogP contribution in [0.1, 0.15) is 5.56 Å². The van der Waals surface area contributed by atoms with Crippen molar-refractivity contribution >= 4 is 0 Å². The molecule has 0 fully saturated rings. The van der Waals surface area contributed by atoms with Gasteiger partial charge in [0.05, 0.1) is 18.1 Å². The molecule has 2 rings (SSSR count). The van der Waals surface area contributed by atoms with Gasteiger partial charge in [-0.1, -0.05) is 5.21 Å². The number of rotatable bonds is 1. The minimum Gasteiger partial charge on any atom is -0.252 e. The molecule has 1 radical (unpaired) electrons. The van der Waals surface area contributed by atoms with E-state index in [0.29, 0.717) is 0 Å². The molecule has 0 N–H and O–H groups in total. The number of aromatic nitrogens is 4. The Morgan fingerprint density at radius 1 is 1.50 bits per heavy atom. The van der Waals surface area contributed by atoms with Crippen molar-refractivity contribution in [2.45, 2.75) is 6.92 Å². The van der Waals surface area contributed by atoms with Gasteiger partial charge in [-0.05, 0) is 18.6 Å². The highest BCUT2D eigenvalue weighted by molar-refractivity contribution is 5.28.